The molecular weight excluding hydrogens is 245 g/mol. The summed E-state index contributed by atoms with van der Waals surface area (Å²) in [6, 6.07) is 4.11. The van der Waals surface area contributed by atoms with Gasteiger partial charge in [-0.25, -0.2) is 4.39 Å². The Labute approximate surface area is 104 Å². The standard InChI is InChI=1S/C12H13ClFNO2/c1-17-11-6-8(2-3-10(11)14)12(16)15-5-4-9(13)7-15/h2-3,6,9H,4-5,7H2,1H3. The van der Waals surface area contributed by atoms with Gasteiger partial charge >= 0.3 is 0 Å². The van der Waals surface area contributed by atoms with E-state index in [4.69, 9.17) is 16.3 Å². The molecule has 0 N–H and O–H groups in total. The fourth-order valence-corrected chi connectivity index (χ4v) is 2.14. The number of nitrogens with zero attached hydrogens (tertiary/aromatic N) is 1. The minimum Gasteiger partial charge on any atom is -0.494 e. The number of halogens is 2. The molecule has 0 aliphatic carbocycles. The first-order chi connectivity index (χ1) is 8.11. The summed E-state index contributed by atoms with van der Waals surface area (Å²) in [4.78, 5) is 13.7. The lowest BCUT2D eigenvalue weighted by Gasteiger charge is -2.16. The second kappa shape index (κ2) is 4.92. The van der Waals surface area contributed by atoms with Gasteiger partial charge in [-0.3, -0.25) is 4.79 Å². The smallest absolute Gasteiger partial charge is 0.254 e. The van der Waals surface area contributed by atoms with Crippen molar-refractivity contribution in [2.45, 2.75) is 11.8 Å². The number of benzene rings is 1. The quantitative estimate of drug-likeness (QED) is 0.761. The zero-order valence-corrected chi connectivity index (χ0v) is 10.2. The van der Waals surface area contributed by atoms with Gasteiger partial charge in [-0.15, -0.1) is 11.6 Å². The van der Waals surface area contributed by atoms with Crippen LogP contribution in [-0.2, 0) is 0 Å². The van der Waals surface area contributed by atoms with E-state index >= 15 is 0 Å². The molecule has 1 unspecified atom stereocenters. The Morgan fingerprint density at radius 1 is 1.59 bits per heavy atom. The predicted octanol–water partition coefficient (Wildman–Crippen LogP) is 2.29. The SMILES string of the molecule is COc1cc(C(=O)N2CCC(Cl)C2)ccc1F. The number of hydrogen-bond acceptors (Lipinski definition) is 2. The summed E-state index contributed by atoms with van der Waals surface area (Å²) < 4.78 is 18.0. The molecule has 1 fully saturated rings. The van der Waals surface area contributed by atoms with Crippen LogP contribution in [0.2, 0.25) is 0 Å². The molecule has 0 radical (unpaired) electrons. The summed E-state index contributed by atoms with van der Waals surface area (Å²) in [6.45, 7) is 1.19. The first kappa shape index (κ1) is 12.2. The van der Waals surface area contributed by atoms with Crippen molar-refractivity contribution in [3.05, 3.63) is 29.6 Å². The molecule has 1 aliphatic heterocycles. The first-order valence-electron chi connectivity index (χ1n) is 5.38. The number of methoxy groups -OCH3 is 1. The number of likely N-dealkylation sites (tertiary alicyclic amines) is 1. The minimum absolute atomic E-state index is 0.0151. The number of amides is 1. The van der Waals surface area contributed by atoms with Gasteiger partial charge in [-0.1, -0.05) is 0 Å². The zero-order valence-electron chi connectivity index (χ0n) is 9.45. The van der Waals surface area contributed by atoms with E-state index in [0.29, 0.717) is 18.7 Å². The number of carbonyl (C=O) groups excluding carboxylic acids is 1. The van der Waals surface area contributed by atoms with Crippen molar-refractivity contribution in [1.82, 2.24) is 4.90 Å². The topological polar surface area (TPSA) is 29.5 Å². The first-order valence-corrected chi connectivity index (χ1v) is 5.82. The third-order valence-corrected chi connectivity index (χ3v) is 3.17. The maximum absolute atomic E-state index is 13.2. The average Bonchev–Trinajstić information content (AvgIpc) is 2.75. The van der Waals surface area contributed by atoms with Crippen LogP contribution in [0.4, 0.5) is 4.39 Å². The molecule has 5 heteroatoms. The number of rotatable bonds is 2. The molecule has 92 valence electrons. The zero-order chi connectivity index (χ0) is 12.4. The fraction of sp³-hybridized carbons (Fsp3) is 0.417. The van der Waals surface area contributed by atoms with E-state index in [9.17, 15) is 9.18 Å². The highest BCUT2D eigenvalue weighted by molar-refractivity contribution is 6.21. The predicted molar refractivity (Wildman–Crippen MR) is 63.1 cm³/mol. The normalized spacial score (nSPS) is 19.5. The highest BCUT2D eigenvalue weighted by Crippen LogP contribution is 2.22. The molecule has 1 saturated heterocycles. The van der Waals surface area contributed by atoms with Crippen molar-refractivity contribution in [3.8, 4) is 5.75 Å². The summed E-state index contributed by atoms with van der Waals surface area (Å²) in [7, 11) is 1.37. The molecular formula is C12H13ClFNO2. The van der Waals surface area contributed by atoms with Crippen LogP contribution in [0.5, 0.6) is 5.75 Å². The van der Waals surface area contributed by atoms with E-state index in [1.54, 1.807) is 4.90 Å². The fourth-order valence-electron chi connectivity index (χ4n) is 1.88. The largest absolute Gasteiger partial charge is 0.494 e. The summed E-state index contributed by atoms with van der Waals surface area (Å²) in [6.07, 6.45) is 0.797. The molecule has 1 aromatic carbocycles. The monoisotopic (exact) mass is 257 g/mol. The van der Waals surface area contributed by atoms with Crippen molar-refractivity contribution < 1.29 is 13.9 Å². The Bertz CT molecular complexity index is 439. The average molecular weight is 258 g/mol. The second-order valence-electron chi connectivity index (χ2n) is 3.99. The summed E-state index contributed by atoms with van der Waals surface area (Å²) in [5.74, 6) is -0.524. The number of alkyl halides is 1. The van der Waals surface area contributed by atoms with Gasteiger partial charge in [0.05, 0.1) is 12.5 Å². The lowest BCUT2D eigenvalue weighted by Crippen LogP contribution is -2.28. The second-order valence-corrected chi connectivity index (χ2v) is 4.60. The van der Waals surface area contributed by atoms with Crippen molar-refractivity contribution in [3.63, 3.8) is 0 Å². The van der Waals surface area contributed by atoms with Crippen molar-refractivity contribution in [2.24, 2.45) is 0 Å². The Balaban J connectivity index is 2.19. The summed E-state index contributed by atoms with van der Waals surface area (Å²) >= 11 is 5.94. The van der Waals surface area contributed by atoms with E-state index in [2.05, 4.69) is 0 Å². The maximum Gasteiger partial charge on any atom is 0.254 e. The Morgan fingerprint density at radius 3 is 2.94 bits per heavy atom. The van der Waals surface area contributed by atoms with Crippen LogP contribution in [0.25, 0.3) is 0 Å². The molecule has 0 saturated carbocycles. The van der Waals surface area contributed by atoms with Gasteiger partial charge in [0.15, 0.2) is 11.6 Å². The molecule has 2 rings (SSSR count). The lowest BCUT2D eigenvalue weighted by atomic mass is 10.2. The van der Waals surface area contributed by atoms with E-state index in [0.717, 1.165) is 6.42 Å². The van der Waals surface area contributed by atoms with Crippen LogP contribution in [0, 0.1) is 5.82 Å². The minimum atomic E-state index is -0.472. The van der Waals surface area contributed by atoms with Crippen LogP contribution in [0.3, 0.4) is 0 Å². The Morgan fingerprint density at radius 2 is 2.35 bits per heavy atom. The molecule has 3 nitrogen and oxygen atoms in total. The van der Waals surface area contributed by atoms with Gasteiger partial charge in [0.25, 0.3) is 5.91 Å². The highest BCUT2D eigenvalue weighted by Gasteiger charge is 2.25. The molecule has 0 aromatic heterocycles. The van der Waals surface area contributed by atoms with Crippen LogP contribution in [-0.4, -0.2) is 36.4 Å². The van der Waals surface area contributed by atoms with Crippen molar-refractivity contribution >= 4 is 17.5 Å². The van der Waals surface area contributed by atoms with Crippen LogP contribution >= 0.6 is 11.6 Å². The molecule has 0 bridgehead atoms. The molecule has 1 atom stereocenters. The van der Waals surface area contributed by atoms with Gasteiger partial charge in [0.2, 0.25) is 0 Å². The summed E-state index contributed by atoms with van der Waals surface area (Å²) in [5.41, 5.74) is 0.425. The molecule has 0 spiro atoms. The lowest BCUT2D eigenvalue weighted by molar-refractivity contribution is 0.0792. The molecule has 1 aliphatic rings. The number of hydrogen-bond donors (Lipinski definition) is 0. The van der Waals surface area contributed by atoms with Gasteiger partial charge in [0.1, 0.15) is 0 Å². The number of carbonyl (C=O) groups is 1. The molecule has 1 amide bonds. The Kier molecular flexibility index (Phi) is 3.52. The van der Waals surface area contributed by atoms with Crippen molar-refractivity contribution in [2.75, 3.05) is 20.2 Å². The third-order valence-electron chi connectivity index (χ3n) is 2.82. The van der Waals surface area contributed by atoms with E-state index < -0.39 is 5.82 Å². The summed E-state index contributed by atoms with van der Waals surface area (Å²) in [5, 5.41) is 0.0151. The highest BCUT2D eigenvalue weighted by atomic mass is 35.5. The van der Waals surface area contributed by atoms with Gasteiger partial charge in [-0.05, 0) is 24.6 Å². The van der Waals surface area contributed by atoms with Gasteiger partial charge in [0, 0.05) is 18.7 Å². The molecule has 1 heterocycles. The Hall–Kier alpha value is -1.29. The number of ether oxygens (including phenoxy) is 1. The van der Waals surface area contributed by atoms with Crippen LogP contribution in [0.15, 0.2) is 18.2 Å². The third kappa shape index (κ3) is 2.52. The maximum atomic E-state index is 13.2. The van der Waals surface area contributed by atoms with E-state index in [1.807, 2.05) is 0 Å². The van der Waals surface area contributed by atoms with E-state index in [1.165, 1.54) is 25.3 Å². The van der Waals surface area contributed by atoms with Crippen LogP contribution < -0.4 is 4.74 Å². The van der Waals surface area contributed by atoms with E-state index in [-0.39, 0.29) is 17.0 Å². The van der Waals surface area contributed by atoms with Gasteiger partial charge < -0.3 is 9.64 Å². The molecule has 17 heavy (non-hydrogen) atoms. The van der Waals surface area contributed by atoms with Gasteiger partial charge in [-0.2, -0.15) is 0 Å². The van der Waals surface area contributed by atoms with Crippen LogP contribution in [0.1, 0.15) is 16.8 Å². The van der Waals surface area contributed by atoms with Crippen molar-refractivity contribution in [1.29, 1.82) is 0 Å². The molecule has 1 aromatic rings.